The molecule has 17 heavy (non-hydrogen) atoms. The van der Waals surface area contributed by atoms with Crippen molar-refractivity contribution in [2.24, 2.45) is 0 Å². The number of fused-ring (bicyclic) bond motifs is 1. The third-order valence-electron chi connectivity index (χ3n) is 2.72. The van der Waals surface area contributed by atoms with Gasteiger partial charge >= 0.3 is 0 Å². The summed E-state index contributed by atoms with van der Waals surface area (Å²) in [4.78, 5) is 4.64. The molecule has 2 rings (SSSR count). The highest BCUT2D eigenvalue weighted by Crippen LogP contribution is 2.28. The molecule has 1 aromatic carbocycles. The van der Waals surface area contributed by atoms with E-state index in [4.69, 9.17) is 11.6 Å². The van der Waals surface area contributed by atoms with Crippen molar-refractivity contribution < 1.29 is 0 Å². The molecule has 0 bridgehead atoms. The first-order valence-electron chi connectivity index (χ1n) is 6.08. The maximum atomic E-state index is 6.21. The lowest BCUT2D eigenvalue weighted by Gasteiger charge is -2.11. The zero-order chi connectivity index (χ0) is 12.3. The van der Waals surface area contributed by atoms with Crippen LogP contribution in [-0.2, 0) is 6.42 Å². The predicted octanol–water partition coefficient (Wildman–Crippen LogP) is 4.27. The second-order valence-electron chi connectivity index (χ2n) is 4.08. The van der Waals surface area contributed by atoms with Crippen molar-refractivity contribution in [1.29, 1.82) is 0 Å². The Morgan fingerprint density at radius 1 is 1.29 bits per heavy atom. The maximum Gasteiger partial charge on any atom is 0.0912 e. The number of pyridine rings is 1. The number of hydrogen-bond acceptors (Lipinski definition) is 2. The smallest absolute Gasteiger partial charge is 0.0912 e. The zero-order valence-corrected chi connectivity index (χ0v) is 11.0. The van der Waals surface area contributed by atoms with E-state index in [1.165, 1.54) is 0 Å². The van der Waals surface area contributed by atoms with Crippen molar-refractivity contribution in [2.45, 2.75) is 26.7 Å². The van der Waals surface area contributed by atoms with E-state index in [-0.39, 0.29) is 0 Å². The van der Waals surface area contributed by atoms with Crippen LogP contribution < -0.4 is 5.32 Å². The van der Waals surface area contributed by atoms with Gasteiger partial charge in [0.05, 0.1) is 10.5 Å². The van der Waals surface area contributed by atoms with Crippen molar-refractivity contribution in [1.82, 2.24) is 4.98 Å². The molecule has 0 spiro atoms. The van der Waals surface area contributed by atoms with Crippen molar-refractivity contribution in [3.63, 3.8) is 0 Å². The molecule has 0 atom stereocenters. The van der Waals surface area contributed by atoms with Gasteiger partial charge in [-0.2, -0.15) is 0 Å². The SMILES string of the molecule is CCCc1cc(NCC)c2cccc(Cl)c2n1. The fourth-order valence-corrected chi connectivity index (χ4v) is 2.20. The lowest BCUT2D eigenvalue weighted by molar-refractivity contribution is 0.890. The van der Waals surface area contributed by atoms with Gasteiger partial charge in [-0.05, 0) is 25.5 Å². The number of aryl methyl sites for hydroxylation is 1. The van der Waals surface area contributed by atoms with Gasteiger partial charge in [0.25, 0.3) is 0 Å². The molecule has 2 aromatic rings. The molecule has 0 saturated heterocycles. The average molecular weight is 249 g/mol. The van der Waals surface area contributed by atoms with Gasteiger partial charge in [-0.25, -0.2) is 0 Å². The van der Waals surface area contributed by atoms with Crippen LogP contribution in [0.2, 0.25) is 5.02 Å². The Labute approximate surface area is 107 Å². The maximum absolute atomic E-state index is 6.21. The Morgan fingerprint density at radius 2 is 2.12 bits per heavy atom. The molecule has 0 unspecified atom stereocenters. The zero-order valence-electron chi connectivity index (χ0n) is 10.3. The standard InChI is InChI=1S/C14H17ClN2/c1-3-6-10-9-13(16-4-2)11-7-5-8-12(15)14(11)17-10/h5,7-9H,3-4,6H2,1-2H3,(H,16,17). The number of halogens is 1. The van der Waals surface area contributed by atoms with Crippen LogP contribution in [0.25, 0.3) is 10.9 Å². The summed E-state index contributed by atoms with van der Waals surface area (Å²) in [7, 11) is 0. The topological polar surface area (TPSA) is 24.9 Å². The fourth-order valence-electron chi connectivity index (χ4n) is 1.99. The van der Waals surface area contributed by atoms with E-state index in [0.717, 1.165) is 46.7 Å². The summed E-state index contributed by atoms with van der Waals surface area (Å²) in [6.45, 7) is 5.15. The molecule has 90 valence electrons. The number of nitrogens with one attached hydrogen (secondary N) is 1. The Hall–Kier alpha value is -1.28. The molecule has 0 saturated carbocycles. The van der Waals surface area contributed by atoms with E-state index in [1.54, 1.807) is 0 Å². The van der Waals surface area contributed by atoms with Crippen LogP contribution in [0, 0.1) is 0 Å². The molecular weight excluding hydrogens is 232 g/mol. The lowest BCUT2D eigenvalue weighted by atomic mass is 10.1. The van der Waals surface area contributed by atoms with Crippen molar-refractivity contribution >= 4 is 28.2 Å². The van der Waals surface area contributed by atoms with Gasteiger partial charge in [-0.15, -0.1) is 0 Å². The van der Waals surface area contributed by atoms with Gasteiger partial charge in [-0.1, -0.05) is 37.1 Å². The van der Waals surface area contributed by atoms with E-state index >= 15 is 0 Å². The first-order valence-corrected chi connectivity index (χ1v) is 6.46. The summed E-state index contributed by atoms with van der Waals surface area (Å²) < 4.78 is 0. The van der Waals surface area contributed by atoms with Gasteiger partial charge in [-0.3, -0.25) is 4.98 Å². The fraction of sp³-hybridized carbons (Fsp3) is 0.357. The quantitative estimate of drug-likeness (QED) is 0.874. The van der Waals surface area contributed by atoms with Gasteiger partial charge in [0.2, 0.25) is 0 Å². The van der Waals surface area contributed by atoms with Crippen LogP contribution in [0.1, 0.15) is 26.0 Å². The normalized spacial score (nSPS) is 10.8. The summed E-state index contributed by atoms with van der Waals surface area (Å²) in [5, 5.41) is 5.20. The number of nitrogens with zero attached hydrogens (tertiary/aromatic N) is 1. The van der Waals surface area contributed by atoms with Crippen molar-refractivity contribution in [2.75, 3.05) is 11.9 Å². The minimum Gasteiger partial charge on any atom is -0.385 e. The minimum absolute atomic E-state index is 0.722. The highest BCUT2D eigenvalue weighted by Gasteiger charge is 2.07. The van der Waals surface area contributed by atoms with Crippen molar-refractivity contribution in [3.8, 4) is 0 Å². The molecule has 1 heterocycles. The number of aromatic nitrogens is 1. The van der Waals surface area contributed by atoms with Crippen LogP contribution in [0.4, 0.5) is 5.69 Å². The first-order chi connectivity index (χ1) is 8.26. The highest BCUT2D eigenvalue weighted by atomic mass is 35.5. The van der Waals surface area contributed by atoms with Crippen LogP contribution in [0.5, 0.6) is 0 Å². The van der Waals surface area contributed by atoms with E-state index in [2.05, 4.69) is 36.3 Å². The monoisotopic (exact) mass is 248 g/mol. The molecular formula is C14H17ClN2. The second-order valence-corrected chi connectivity index (χ2v) is 4.48. The highest BCUT2D eigenvalue weighted by molar-refractivity contribution is 6.35. The summed E-state index contributed by atoms with van der Waals surface area (Å²) in [5.41, 5.74) is 3.13. The van der Waals surface area contributed by atoms with Gasteiger partial charge < -0.3 is 5.32 Å². The molecule has 0 aliphatic heterocycles. The Kier molecular flexibility index (Phi) is 3.85. The molecule has 0 radical (unpaired) electrons. The van der Waals surface area contributed by atoms with E-state index < -0.39 is 0 Å². The largest absolute Gasteiger partial charge is 0.385 e. The second kappa shape index (κ2) is 5.37. The van der Waals surface area contributed by atoms with Gasteiger partial charge in [0.1, 0.15) is 0 Å². The Balaban J connectivity index is 2.63. The molecule has 0 aliphatic rings. The summed E-state index contributed by atoms with van der Waals surface area (Å²) in [6, 6.07) is 8.04. The third kappa shape index (κ3) is 2.52. The number of rotatable bonds is 4. The van der Waals surface area contributed by atoms with Gasteiger partial charge in [0.15, 0.2) is 0 Å². The molecule has 2 nitrogen and oxygen atoms in total. The number of para-hydroxylation sites is 1. The van der Waals surface area contributed by atoms with Crippen LogP contribution >= 0.6 is 11.6 Å². The predicted molar refractivity (Wildman–Crippen MR) is 74.9 cm³/mol. The molecule has 0 amide bonds. The molecule has 0 aliphatic carbocycles. The summed E-state index contributed by atoms with van der Waals surface area (Å²) in [5.74, 6) is 0. The third-order valence-corrected chi connectivity index (χ3v) is 3.02. The van der Waals surface area contributed by atoms with E-state index in [9.17, 15) is 0 Å². The summed E-state index contributed by atoms with van der Waals surface area (Å²) in [6.07, 6.45) is 2.08. The van der Waals surface area contributed by atoms with Crippen LogP contribution in [0.3, 0.4) is 0 Å². The van der Waals surface area contributed by atoms with Gasteiger partial charge in [0, 0.05) is 23.3 Å². The lowest BCUT2D eigenvalue weighted by Crippen LogP contribution is -2.00. The van der Waals surface area contributed by atoms with Crippen LogP contribution in [-0.4, -0.2) is 11.5 Å². The summed E-state index contributed by atoms with van der Waals surface area (Å²) >= 11 is 6.21. The Morgan fingerprint density at radius 3 is 2.82 bits per heavy atom. The molecule has 1 N–H and O–H groups in total. The molecule has 0 fully saturated rings. The first kappa shape index (κ1) is 12.2. The average Bonchev–Trinajstić information content (AvgIpc) is 2.31. The molecule has 3 heteroatoms. The number of anilines is 1. The number of benzene rings is 1. The van der Waals surface area contributed by atoms with E-state index in [1.807, 2.05) is 12.1 Å². The minimum atomic E-state index is 0.722. The Bertz CT molecular complexity index is 523. The van der Waals surface area contributed by atoms with E-state index in [0.29, 0.717) is 0 Å². The van der Waals surface area contributed by atoms with Crippen molar-refractivity contribution in [3.05, 3.63) is 35.0 Å². The van der Waals surface area contributed by atoms with Crippen LogP contribution in [0.15, 0.2) is 24.3 Å². The molecule has 1 aromatic heterocycles. The number of hydrogen-bond donors (Lipinski definition) is 1.